The molecule has 0 aromatic carbocycles. The van der Waals surface area contributed by atoms with Gasteiger partial charge in [-0.15, -0.1) is 0 Å². The van der Waals surface area contributed by atoms with Crippen LogP contribution in [-0.4, -0.2) is 38.1 Å². The van der Waals surface area contributed by atoms with Crippen molar-refractivity contribution >= 4 is 0 Å². The summed E-state index contributed by atoms with van der Waals surface area (Å²) in [6.45, 7) is 6.42. The molecule has 2 atom stereocenters. The van der Waals surface area contributed by atoms with Crippen molar-refractivity contribution in [2.45, 2.75) is 19.8 Å². The van der Waals surface area contributed by atoms with E-state index in [2.05, 4.69) is 30.3 Å². The Morgan fingerprint density at radius 3 is 2.93 bits per heavy atom. The number of hydrogen-bond donors (Lipinski definition) is 1. The highest BCUT2D eigenvalue weighted by Gasteiger charge is 2.18. The zero-order chi connectivity index (χ0) is 10.4. The fourth-order valence-corrected chi connectivity index (χ4v) is 1.94. The molecule has 0 amide bonds. The minimum absolute atomic E-state index is 0.189. The third-order valence-electron chi connectivity index (χ3n) is 2.99. The van der Waals surface area contributed by atoms with Gasteiger partial charge in [-0.1, -0.05) is 6.92 Å². The van der Waals surface area contributed by atoms with Crippen molar-refractivity contribution in [3.8, 4) is 6.07 Å². The number of likely N-dealkylation sites (tertiary alicyclic amines) is 1. The lowest BCUT2D eigenvalue weighted by Gasteiger charge is -2.13. The van der Waals surface area contributed by atoms with Crippen LogP contribution in [0, 0.1) is 23.2 Å². The molecular weight excluding hydrogens is 174 g/mol. The summed E-state index contributed by atoms with van der Waals surface area (Å²) in [4.78, 5) is 2.37. The Labute approximate surface area is 87.1 Å². The molecule has 1 aliphatic rings. The zero-order valence-corrected chi connectivity index (χ0v) is 9.29. The van der Waals surface area contributed by atoms with Crippen LogP contribution in [0.15, 0.2) is 0 Å². The summed E-state index contributed by atoms with van der Waals surface area (Å²) in [7, 11) is 2.17. The molecule has 1 saturated heterocycles. The van der Waals surface area contributed by atoms with Gasteiger partial charge < -0.3 is 10.2 Å². The van der Waals surface area contributed by atoms with Crippen LogP contribution in [0.25, 0.3) is 0 Å². The highest BCUT2D eigenvalue weighted by molar-refractivity contribution is 4.84. The summed E-state index contributed by atoms with van der Waals surface area (Å²) in [6.07, 6.45) is 2.25. The first-order chi connectivity index (χ1) is 6.76. The molecule has 0 bridgehead atoms. The Morgan fingerprint density at radius 2 is 2.43 bits per heavy atom. The van der Waals surface area contributed by atoms with E-state index in [-0.39, 0.29) is 5.92 Å². The van der Waals surface area contributed by atoms with Crippen LogP contribution >= 0.6 is 0 Å². The van der Waals surface area contributed by atoms with E-state index in [1.807, 2.05) is 0 Å². The number of nitrogens with zero attached hydrogens (tertiary/aromatic N) is 2. The molecule has 1 fully saturated rings. The van der Waals surface area contributed by atoms with E-state index in [4.69, 9.17) is 5.26 Å². The van der Waals surface area contributed by atoms with Crippen LogP contribution in [0.3, 0.4) is 0 Å². The van der Waals surface area contributed by atoms with Crippen molar-refractivity contribution in [1.29, 1.82) is 5.26 Å². The van der Waals surface area contributed by atoms with E-state index < -0.39 is 0 Å². The lowest BCUT2D eigenvalue weighted by Crippen LogP contribution is -2.28. The van der Waals surface area contributed by atoms with E-state index in [1.54, 1.807) is 0 Å². The van der Waals surface area contributed by atoms with Gasteiger partial charge in [0.25, 0.3) is 0 Å². The number of hydrogen-bond acceptors (Lipinski definition) is 3. The highest BCUT2D eigenvalue weighted by atomic mass is 15.1. The molecule has 14 heavy (non-hydrogen) atoms. The molecule has 0 spiro atoms. The summed E-state index contributed by atoms with van der Waals surface area (Å²) >= 11 is 0. The standard InChI is InChI=1S/C11H21N3/c1-3-10(6-12)7-13-8-11-4-5-14(2)9-11/h10-11,13H,3-5,7-9H2,1-2H3. The van der Waals surface area contributed by atoms with E-state index in [1.165, 1.54) is 19.5 Å². The van der Waals surface area contributed by atoms with Crippen molar-refractivity contribution in [2.24, 2.45) is 11.8 Å². The fraction of sp³-hybridized carbons (Fsp3) is 0.909. The quantitative estimate of drug-likeness (QED) is 0.713. The molecule has 1 N–H and O–H groups in total. The van der Waals surface area contributed by atoms with Crippen molar-refractivity contribution in [3.63, 3.8) is 0 Å². The molecule has 0 saturated carbocycles. The molecule has 2 unspecified atom stereocenters. The Morgan fingerprint density at radius 1 is 1.64 bits per heavy atom. The predicted molar refractivity (Wildman–Crippen MR) is 57.9 cm³/mol. The van der Waals surface area contributed by atoms with Crippen LogP contribution in [-0.2, 0) is 0 Å². The molecule has 0 aliphatic carbocycles. The van der Waals surface area contributed by atoms with Crippen LogP contribution in [0.5, 0.6) is 0 Å². The number of nitriles is 1. The first-order valence-electron chi connectivity index (χ1n) is 5.55. The molecule has 1 aliphatic heterocycles. The molecule has 80 valence electrons. The monoisotopic (exact) mass is 195 g/mol. The van der Waals surface area contributed by atoms with Crippen LogP contribution in [0.1, 0.15) is 19.8 Å². The molecule has 1 rings (SSSR count). The van der Waals surface area contributed by atoms with Gasteiger partial charge in [0, 0.05) is 13.1 Å². The summed E-state index contributed by atoms with van der Waals surface area (Å²) in [5.74, 6) is 0.977. The normalized spacial score (nSPS) is 24.8. The van der Waals surface area contributed by atoms with Gasteiger partial charge >= 0.3 is 0 Å². The molecule has 3 nitrogen and oxygen atoms in total. The molecular formula is C11H21N3. The summed E-state index contributed by atoms with van der Waals surface area (Å²) in [5.41, 5.74) is 0. The first kappa shape index (κ1) is 11.5. The second kappa shape index (κ2) is 6.00. The topological polar surface area (TPSA) is 39.1 Å². The lowest BCUT2D eigenvalue weighted by atomic mass is 10.1. The van der Waals surface area contributed by atoms with E-state index >= 15 is 0 Å². The van der Waals surface area contributed by atoms with E-state index in [0.717, 1.165) is 25.4 Å². The predicted octanol–water partition coefficient (Wildman–Crippen LogP) is 1.08. The highest BCUT2D eigenvalue weighted by Crippen LogP contribution is 2.12. The van der Waals surface area contributed by atoms with Gasteiger partial charge in [0.05, 0.1) is 12.0 Å². The van der Waals surface area contributed by atoms with Gasteiger partial charge in [-0.25, -0.2) is 0 Å². The smallest absolute Gasteiger partial charge is 0.0669 e. The average Bonchev–Trinajstić information content (AvgIpc) is 2.59. The minimum atomic E-state index is 0.189. The van der Waals surface area contributed by atoms with Gasteiger partial charge in [-0.3, -0.25) is 0 Å². The van der Waals surface area contributed by atoms with Crippen molar-refractivity contribution in [3.05, 3.63) is 0 Å². The Balaban J connectivity index is 2.07. The van der Waals surface area contributed by atoms with Crippen LogP contribution in [0.2, 0.25) is 0 Å². The maximum Gasteiger partial charge on any atom is 0.0669 e. The van der Waals surface area contributed by atoms with Crippen molar-refractivity contribution in [1.82, 2.24) is 10.2 Å². The third kappa shape index (κ3) is 3.65. The number of rotatable bonds is 5. The van der Waals surface area contributed by atoms with Crippen LogP contribution in [0.4, 0.5) is 0 Å². The average molecular weight is 195 g/mol. The summed E-state index contributed by atoms with van der Waals surface area (Å²) in [6, 6.07) is 2.31. The Hall–Kier alpha value is -0.590. The largest absolute Gasteiger partial charge is 0.315 e. The first-order valence-corrected chi connectivity index (χ1v) is 5.55. The molecule has 0 aromatic heterocycles. The van der Waals surface area contributed by atoms with Gasteiger partial charge in [0.2, 0.25) is 0 Å². The molecule has 0 radical (unpaired) electrons. The van der Waals surface area contributed by atoms with Crippen LogP contribution < -0.4 is 5.32 Å². The maximum atomic E-state index is 8.76. The maximum absolute atomic E-state index is 8.76. The molecule has 3 heteroatoms. The SMILES string of the molecule is CCC(C#N)CNCC1CCN(C)C1. The second-order valence-corrected chi connectivity index (χ2v) is 4.31. The summed E-state index contributed by atoms with van der Waals surface area (Å²) < 4.78 is 0. The Kier molecular flexibility index (Phi) is 4.92. The van der Waals surface area contributed by atoms with Crippen molar-refractivity contribution in [2.75, 3.05) is 33.2 Å². The molecule has 1 heterocycles. The zero-order valence-electron chi connectivity index (χ0n) is 9.29. The Bertz CT molecular complexity index is 197. The second-order valence-electron chi connectivity index (χ2n) is 4.31. The lowest BCUT2D eigenvalue weighted by molar-refractivity contribution is 0.385. The van der Waals surface area contributed by atoms with Crippen molar-refractivity contribution < 1.29 is 0 Å². The fourth-order valence-electron chi connectivity index (χ4n) is 1.94. The van der Waals surface area contributed by atoms with Gasteiger partial charge in [-0.05, 0) is 38.9 Å². The van der Waals surface area contributed by atoms with Gasteiger partial charge in [0.15, 0.2) is 0 Å². The van der Waals surface area contributed by atoms with E-state index in [9.17, 15) is 0 Å². The minimum Gasteiger partial charge on any atom is -0.315 e. The number of nitrogens with one attached hydrogen (secondary N) is 1. The van der Waals surface area contributed by atoms with Gasteiger partial charge in [0.1, 0.15) is 0 Å². The van der Waals surface area contributed by atoms with Gasteiger partial charge in [-0.2, -0.15) is 5.26 Å². The molecule has 0 aromatic rings. The third-order valence-corrected chi connectivity index (χ3v) is 2.99. The summed E-state index contributed by atoms with van der Waals surface area (Å²) in [5, 5.41) is 12.2. The van der Waals surface area contributed by atoms with E-state index in [0.29, 0.717) is 0 Å².